The number of benzene rings is 3. The van der Waals surface area contributed by atoms with Crippen LogP contribution in [0.1, 0.15) is 43.5 Å². The summed E-state index contributed by atoms with van der Waals surface area (Å²) in [6, 6.07) is 16.7. The summed E-state index contributed by atoms with van der Waals surface area (Å²) in [6.45, 7) is 6.42. The van der Waals surface area contributed by atoms with Gasteiger partial charge in [-0.2, -0.15) is 0 Å². The molecule has 0 saturated heterocycles. The molecule has 4 nitrogen and oxygen atoms in total. The molecule has 0 aliphatic carbocycles. The molecule has 0 aromatic heterocycles. The van der Waals surface area contributed by atoms with E-state index in [1.165, 1.54) is 12.1 Å². The van der Waals surface area contributed by atoms with Crippen LogP contribution in [-0.2, 0) is 0 Å². The number of hydrogen-bond donors (Lipinski definition) is 2. The fraction of sp³-hybridized carbons (Fsp3) is 0.286. The first-order valence-electron chi connectivity index (χ1n) is 11.1. The highest BCUT2D eigenvalue weighted by atomic mass is 19.1. The molecular weight excluding hydrogens is 413 g/mol. The number of halogens is 1. The average molecular weight is 446 g/mol. The standard InChI is InChI=1S/C28H32FN3O/c1-17-16-28(2,3)31-23-13-12-22(21-11-10-19(29)15-24(21)33-6)26(25(17)23)27(30)18-8-7-9-20(14-18)32(4)5/h7-16,27,31H,30H2,1-6H3. The first-order valence-corrected chi connectivity index (χ1v) is 11.1. The third kappa shape index (κ3) is 4.33. The Morgan fingerprint density at radius 1 is 1.03 bits per heavy atom. The molecule has 1 aliphatic heterocycles. The quantitative estimate of drug-likeness (QED) is 0.489. The lowest BCUT2D eigenvalue weighted by molar-refractivity contribution is 0.413. The van der Waals surface area contributed by atoms with Gasteiger partial charge in [0.2, 0.25) is 0 Å². The van der Waals surface area contributed by atoms with Gasteiger partial charge in [0.1, 0.15) is 11.6 Å². The summed E-state index contributed by atoms with van der Waals surface area (Å²) in [5, 5.41) is 3.63. The van der Waals surface area contributed by atoms with Crippen molar-refractivity contribution in [2.45, 2.75) is 32.4 Å². The van der Waals surface area contributed by atoms with Crippen LogP contribution in [0, 0.1) is 5.82 Å². The lowest BCUT2D eigenvalue weighted by Gasteiger charge is -2.35. The van der Waals surface area contributed by atoms with Crippen LogP contribution in [-0.4, -0.2) is 26.7 Å². The van der Waals surface area contributed by atoms with Gasteiger partial charge in [-0.3, -0.25) is 0 Å². The zero-order valence-corrected chi connectivity index (χ0v) is 20.2. The zero-order valence-electron chi connectivity index (χ0n) is 20.2. The van der Waals surface area contributed by atoms with E-state index in [1.54, 1.807) is 13.2 Å². The Morgan fingerprint density at radius 2 is 1.76 bits per heavy atom. The van der Waals surface area contributed by atoms with Gasteiger partial charge in [-0.15, -0.1) is 0 Å². The summed E-state index contributed by atoms with van der Waals surface area (Å²) in [7, 11) is 5.59. The van der Waals surface area contributed by atoms with E-state index in [0.717, 1.165) is 44.8 Å². The van der Waals surface area contributed by atoms with Crippen molar-refractivity contribution >= 4 is 16.9 Å². The van der Waals surface area contributed by atoms with Gasteiger partial charge < -0.3 is 20.7 Å². The van der Waals surface area contributed by atoms with Gasteiger partial charge >= 0.3 is 0 Å². The first-order chi connectivity index (χ1) is 15.6. The van der Waals surface area contributed by atoms with Crippen molar-refractivity contribution in [1.29, 1.82) is 0 Å². The summed E-state index contributed by atoms with van der Waals surface area (Å²) < 4.78 is 19.5. The van der Waals surface area contributed by atoms with Gasteiger partial charge in [0.05, 0.1) is 18.7 Å². The summed E-state index contributed by atoms with van der Waals surface area (Å²) >= 11 is 0. The topological polar surface area (TPSA) is 50.5 Å². The van der Waals surface area contributed by atoms with Gasteiger partial charge in [-0.05, 0) is 73.4 Å². The van der Waals surface area contributed by atoms with Crippen LogP contribution in [0.3, 0.4) is 0 Å². The molecule has 1 unspecified atom stereocenters. The third-order valence-corrected chi connectivity index (χ3v) is 6.18. The van der Waals surface area contributed by atoms with Crippen LogP contribution in [0.15, 0.2) is 60.7 Å². The molecule has 0 radical (unpaired) electrons. The largest absolute Gasteiger partial charge is 0.496 e. The number of fused-ring (bicyclic) bond motifs is 1. The Hall–Kier alpha value is -3.31. The lowest BCUT2D eigenvalue weighted by atomic mass is 9.81. The molecule has 3 aromatic carbocycles. The Kier molecular flexibility index (Phi) is 5.93. The molecule has 1 atom stereocenters. The van der Waals surface area contributed by atoms with Crippen LogP contribution in [0.25, 0.3) is 16.7 Å². The Labute approximate surface area is 195 Å². The third-order valence-electron chi connectivity index (χ3n) is 6.18. The number of allylic oxidation sites excluding steroid dienone is 1. The fourth-order valence-electron chi connectivity index (χ4n) is 4.75. The second-order valence-electron chi connectivity index (χ2n) is 9.44. The number of nitrogens with zero attached hydrogens (tertiary/aromatic N) is 1. The summed E-state index contributed by atoms with van der Waals surface area (Å²) in [5.41, 5.74) is 15.0. The van der Waals surface area contributed by atoms with E-state index >= 15 is 0 Å². The molecule has 1 heterocycles. The van der Waals surface area contributed by atoms with Crippen LogP contribution >= 0.6 is 0 Å². The molecule has 0 saturated carbocycles. The smallest absolute Gasteiger partial charge is 0.129 e. The number of nitrogens with two attached hydrogens (primary N) is 1. The molecule has 3 aromatic rings. The molecule has 0 amide bonds. The maximum Gasteiger partial charge on any atom is 0.129 e. The van der Waals surface area contributed by atoms with Crippen molar-refractivity contribution in [2.75, 3.05) is 31.4 Å². The predicted octanol–water partition coefficient (Wildman–Crippen LogP) is 6.22. The number of methoxy groups -OCH3 is 1. The molecule has 0 fully saturated rings. The second kappa shape index (κ2) is 8.56. The van der Waals surface area contributed by atoms with Crippen molar-refractivity contribution in [3.63, 3.8) is 0 Å². The van der Waals surface area contributed by atoms with Crippen molar-refractivity contribution in [1.82, 2.24) is 0 Å². The van der Waals surface area contributed by atoms with Gasteiger partial charge in [-0.25, -0.2) is 4.39 Å². The molecule has 33 heavy (non-hydrogen) atoms. The van der Waals surface area contributed by atoms with E-state index in [0.29, 0.717) is 5.75 Å². The molecule has 5 heteroatoms. The van der Waals surface area contributed by atoms with Gasteiger partial charge in [0.25, 0.3) is 0 Å². The number of rotatable bonds is 5. The number of anilines is 2. The molecule has 172 valence electrons. The van der Waals surface area contributed by atoms with Gasteiger partial charge in [-0.1, -0.05) is 24.3 Å². The number of nitrogens with one attached hydrogen (secondary N) is 1. The van der Waals surface area contributed by atoms with Crippen LogP contribution < -0.4 is 20.7 Å². The minimum absolute atomic E-state index is 0.168. The highest BCUT2D eigenvalue weighted by molar-refractivity contribution is 5.89. The fourth-order valence-corrected chi connectivity index (χ4v) is 4.75. The highest BCUT2D eigenvalue weighted by Crippen LogP contribution is 2.45. The molecule has 0 bridgehead atoms. The second-order valence-corrected chi connectivity index (χ2v) is 9.44. The summed E-state index contributed by atoms with van der Waals surface area (Å²) in [5.74, 6) is 0.147. The number of hydrogen-bond acceptors (Lipinski definition) is 4. The minimum atomic E-state index is -0.393. The Balaban J connectivity index is 2.00. The zero-order chi connectivity index (χ0) is 23.9. The maximum absolute atomic E-state index is 14.0. The van der Waals surface area contributed by atoms with E-state index in [9.17, 15) is 4.39 Å². The van der Waals surface area contributed by atoms with Crippen LogP contribution in [0.4, 0.5) is 15.8 Å². The van der Waals surface area contributed by atoms with Crippen molar-refractivity contribution in [3.8, 4) is 16.9 Å². The summed E-state index contributed by atoms with van der Waals surface area (Å²) in [6.07, 6.45) is 2.23. The molecular formula is C28H32FN3O. The monoisotopic (exact) mass is 445 g/mol. The molecule has 0 spiro atoms. The van der Waals surface area contributed by atoms with Crippen molar-refractivity contribution in [2.24, 2.45) is 5.73 Å². The average Bonchev–Trinajstić information content (AvgIpc) is 2.77. The highest BCUT2D eigenvalue weighted by Gasteiger charge is 2.29. The first kappa shape index (κ1) is 22.9. The predicted molar refractivity (Wildman–Crippen MR) is 137 cm³/mol. The maximum atomic E-state index is 14.0. The van der Waals surface area contributed by atoms with E-state index in [-0.39, 0.29) is 11.4 Å². The number of ether oxygens (including phenoxy) is 1. The van der Waals surface area contributed by atoms with E-state index in [2.05, 4.69) is 67.4 Å². The normalized spacial score (nSPS) is 15.2. The van der Waals surface area contributed by atoms with E-state index in [4.69, 9.17) is 10.5 Å². The van der Waals surface area contributed by atoms with Gasteiger partial charge in [0.15, 0.2) is 0 Å². The minimum Gasteiger partial charge on any atom is -0.496 e. The SMILES string of the molecule is COc1cc(F)ccc1-c1ccc2c(c1C(N)c1cccc(N(C)C)c1)C(C)=CC(C)(C)N2. The van der Waals surface area contributed by atoms with Gasteiger partial charge in [0, 0.05) is 42.7 Å². The van der Waals surface area contributed by atoms with Crippen molar-refractivity contribution < 1.29 is 9.13 Å². The Morgan fingerprint density at radius 3 is 2.45 bits per heavy atom. The molecule has 3 N–H and O–H groups in total. The summed E-state index contributed by atoms with van der Waals surface area (Å²) in [4.78, 5) is 2.07. The van der Waals surface area contributed by atoms with E-state index in [1.807, 2.05) is 20.2 Å². The van der Waals surface area contributed by atoms with Crippen LogP contribution in [0.2, 0.25) is 0 Å². The Bertz CT molecular complexity index is 1230. The lowest BCUT2D eigenvalue weighted by Crippen LogP contribution is -2.32. The van der Waals surface area contributed by atoms with Crippen molar-refractivity contribution in [3.05, 3.63) is 83.2 Å². The molecule has 1 aliphatic rings. The molecule has 4 rings (SSSR count). The van der Waals surface area contributed by atoms with E-state index < -0.39 is 6.04 Å². The van der Waals surface area contributed by atoms with Crippen LogP contribution in [0.5, 0.6) is 5.75 Å².